The van der Waals surface area contributed by atoms with E-state index in [1.54, 1.807) is 0 Å². The molecule has 0 amide bonds. The minimum atomic E-state index is 0.709. The highest BCUT2D eigenvalue weighted by atomic mass is 15.2. The van der Waals surface area contributed by atoms with E-state index in [2.05, 4.69) is 23.7 Å². The van der Waals surface area contributed by atoms with Crippen LogP contribution >= 0.6 is 0 Å². The molecule has 1 rings (SSSR count). The molecule has 0 aromatic carbocycles. The van der Waals surface area contributed by atoms with Gasteiger partial charge in [-0.15, -0.1) is 6.58 Å². The van der Waals surface area contributed by atoms with Gasteiger partial charge in [0.1, 0.15) is 0 Å². The first-order valence-electron chi connectivity index (χ1n) is 5.90. The number of hydrogen-bond acceptors (Lipinski definition) is 2. The van der Waals surface area contributed by atoms with Gasteiger partial charge in [-0.2, -0.15) is 0 Å². The normalized spacial score (nSPS) is 19.8. The molecule has 0 radical (unpaired) electrons. The predicted molar refractivity (Wildman–Crippen MR) is 62.6 cm³/mol. The van der Waals surface area contributed by atoms with E-state index >= 15 is 0 Å². The molecule has 1 aliphatic heterocycles. The standard InChI is InChI=1S/C12H24N2/c1-3-4-5-8-13-11-12(2)14-9-6-7-10-14/h3,12-13H,1,4-11H2,2H3. The molecule has 82 valence electrons. The van der Waals surface area contributed by atoms with Gasteiger partial charge in [-0.1, -0.05) is 6.08 Å². The largest absolute Gasteiger partial charge is 0.315 e. The Morgan fingerprint density at radius 3 is 2.79 bits per heavy atom. The molecule has 2 heteroatoms. The van der Waals surface area contributed by atoms with Crippen LogP contribution in [-0.4, -0.2) is 37.1 Å². The summed E-state index contributed by atoms with van der Waals surface area (Å²) < 4.78 is 0. The summed E-state index contributed by atoms with van der Waals surface area (Å²) in [4.78, 5) is 2.58. The first kappa shape index (κ1) is 11.7. The van der Waals surface area contributed by atoms with Crippen LogP contribution in [-0.2, 0) is 0 Å². The van der Waals surface area contributed by atoms with Crippen molar-refractivity contribution in [1.29, 1.82) is 0 Å². The maximum Gasteiger partial charge on any atom is 0.0192 e. The van der Waals surface area contributed by atoms with Gasteiger partial charge in [-0.3, -0.25) is 4.90 Å². The number of likely N-dealkylation sites (tertiary alicyclic amines) is 1. The molecule has 2 nitrogen and oxygen atoms in total. The summed E-state index contributed by atoms with van der Waals surface area (Å²) in [5.74, 6) is 0. The van der Waals surface area contributed by atoms with E-state index in [1.807, 2.05) is 6.08 Å². The second-order valence-corrected chi connectivity index (χ2v) is 4.23. The van der Waals surface area contributed by atoms with E-state index in [0.717, 1.165) is 19.5 Å². The zero-order valence-corrected chi connectivity index (χ0v) is 9.47. The number of hydrogen-bond donors (Lipinski definition) is 1. The fraction of sp³-hybridized carbons (Fsp3) is 0.833. The predicted octanol–water partition coefficient (Wildman–Crippen LogP) is 2.03. The van der Waals surface area contributed by atoms with Crippen molar-refractivity contribution < 1.29 is 0 Å². The molecule has 1 N–H and O–H groups in total. The number of nitrogens with one attached hydrogen (secondary N) is 1. The third kappa shape index (κ3) is 4.25. The van der Waals surface area contributed by atoms with Crippen molar-refractivity contribution in [3.05, 3.63) is 12.7 Å². The van der Waals surface area contributed by atoms with Crippen LogP contribution in [0, 0.1) is 0 Å². The summed E-state index contributed by atoms with van der Waals surface area (Å²) in [6, 6.07) is 0.709. The summed E-state index contributed by atoms with van der Waals surface area (Å²) in [5, 5.41) is 3.51. The van der Waals surface area contributed by atoms with Crippen LogP contribution in [0.2, 0.25) is 0 Å². The molecular weight excluding hydrogens is 172 g/mol. The lowest BCUT2D eigenvalue weighted by Gasteiger charge is -2.23. The first-order chi connectivity index (χ1) is 6.84. The van der Waals surface area contributed by atoms with Crippen LogP contribution < -0.4 is 5.32 Å². The lowest BCUT2D eigenvalue weighted by molar-refractivity contribution is 0.252. The number of nitrogens with zero attached hydrogens (tertiary/aromatic N) is 1. The van der Waals surface area contributed by atoms with Crippen molar-refractivity contribution in [2.24, 2.45) is 0 Å². The highest BCUT2D eigenvalue weighted by Gasteiger charge is 2.16. The van der Waals surface area contributed by atoms with E-state index in [1.165, 1.54) is 32.4 Å². The fourth-order valence-corrected chi connectivity index (χ4v) is 1.99. The maximum absolute atomic E-state index is 3.72. The summed E-state index contributed by atoms with van der Waals surface area (Å²) in [6.45, 7) is 10.9. The van der Waals surface area contributed by atoms with Crippen molar-refractivity contribution in [2.45, 2.75) is 38.6 Å². The Labute approximate surface area is 88.4 Å². The molecule has 1 heterocycles. The molecular formula is C12H24N2. The van der Waals surface area contributed by atoms with Gasteiger partial charge in [-0.05, 0) is 52.2 Å². The average Bonchev–Trinajstić information content (AvgIpc) is 2.70. The summed E-state index contributed by atoms with van der Waals surface area (Å²) in [5.41, 5.74) is 0. The molecule has 0 aromatic rings. The number of unbranched alkanes of at least 4 members (excludes halogenated alkanes) is 1. The van der Waals surface area contributed by atoms with Crippen molar-refractivity contribution in [1.82, 2.24) is 10.2 Å². The van der Waals surface area contributed by atoms with E-state index in [4.69, 9.17) is 0 Å². The Kier molecular flexibility index (Phi) is 5.88. The zero-order chi connectivity index (χ0) is 10.2. The molecule has 1 unspecified atom stereocenters. The van der Waals surface area contributed by atoms with Gasteiger partial charge in [0.15, 0.2) is 0 Å². The van der Waals surface area contributed by atoms with Gasteiger partial charge in [0.05, 0.1) is 0 Å². The molecule has 14 heavy (non-hydrogen) atoms. The summed E-state index contributed by atoms with van der Waals surface area (Å²) in [6.07, 6.45) is 7.12. The first-order valence-corrected chi connectivity index (χ1v) is 5.90. The quantitative estimate of drug-likeness (QED) is 0.495. The van der Waals surface area contributed by atoms with Crippen LogP contribution in [0.15, 0.2) is 12.7 Å². The molecule has 0 bridgehead atoms. The Bertz CT molecular complexity index is 150. The van der Waals surface area contributed by atoms with E-state index in [-0.39, 0.29) is 0 Å². The average molecular weight is 196 g/mol. The van der Waals surface area contributed by atoms with Gasteiger partial charge < -0.3 is 5.32 Å². The van der Waals surface area contributed by atoms with Crippen molar-refractivity contribution in [3.8, 4) is 0 Å². The SMILES string of the molecule is C=CCCCNCC(C)N1CCCC1. The topological polar surface area (TPSA) is 15.3 Å². The minimum Gasteiger partial charge on any atom is -0.315 e. The van der Waals surface area contributed by atoms with Gasteiger partial charge in [0.25, 0.3) is 0 Å². The second kappa shape index (κ2) is 7.02. The summed E-state index contributed by atoms with van der Waals surface area (Å²) >= 11 is 0. The third-order valence-electron chi connectivity index (χ3n) is 2.97. The molecule has 1 fully saturated rings. The molecule has 0 saturated carbocycles. The van der Waals surface area contributed by atoms with Crippen molar-refractivity contribution >= 4 is 0 Å². The molecule has 1 aliphatic rings. The van der Waals surface area contributed by atoms with Crippen LogP contribution in [0.25, 0.3) is 0 Å². The summed E-state index contributed by atoms with van der Waals surface area (Å²) in [7, 11) is 0. The van der Waals surface area contributed by atoms with E-state index in [0.29, 0.717) is 6.04 Å². The van der Waals surface area contributed by atoms with Gasteiger partial charge >= 0.3 is 0 Å². The molecule has 0 aromatic heterocycles. The number of rotatable bonds is 7. The van der Waals surface area contributed by atoms with Crippen molar-refractivity contribution in [3.63, 3.8) is 0 Å². The lowest BCUT2D eigenvalue weighted by Crippen LogP contribution is -2.38. The monoisotopic (exact) mass is 196 g/mol. The Balaban J connectivity index is 1.96. The van der Waals surface area contributed by atoms with Crippen LogP contribution in [0.4, 0.5) is 0 Å². The molecule has 1 atom stereocenters. The van der Waals surface area contributed by atoms with Crippen LogP contribution in [0.5, 0.6) is 0 Å². The van der Waals surface area contributed by atoms with E-state index < -0.39 is 0 Å². The molecule has 0 spiro atoms. The van der Waals surface area contributed by atoms with Gasteiger partial charge in [0.2, 0.25) is 0 Å². The minimum absolute atomic E-state index is 0.709. The van der Waals surface area contributed by atoms with Crippen molar-refractivity contribution in [2.75, 3.05) is 26.2 Å². The molecule has 1 saturated heterocycles. The highest BCUT2D eigenvalue weighted by molar-refractivity contribution is 4.74. The zero-order valence-electron chi connectivity index (χ0n) is 9.47. The Hall–Kier alpha value is -0.340. The van der Waals surface area contributed by atoms with Crippen LogP contribution in [0.1, 0.15) is 32.6 Å². The van der Waals surface area contributed by atoms with Gasteiger partial charge in [-0.25, -0.2) is 0 Å². The fourth-order valence-electron chi connectivity index (χ4n) is 1.99. The maximum atomic E-state index is 3.72. The molecule has 0 aliphatic carbocycles. The Morgan fingerprint density at radius 1 is 1.43 bits per heavy atom. The lowest BCUT2D eigenvalue weighted by atomic mass is 10.2. The van der Waals surface area contributed by atoms with Gasteiger partial charge in [0, 0.05) is 12.6 Å². The number of allylic oxidation sites excluding steroid dienone is 1. The van der Waals surface area contributed by atoms with E-state index in [9.17, 15) is 0 Å². The third-order valence-corrected chi connectivity index (χ3v) is 2.97. The Morgan fingerprint density at radius 2 is 2.14 bits per heavy atom. The van der Waals surface area contributed by atoms with Crippen LogP contribution in [0.3, 0.4) is 0 Å². The second-order valence-electron chi connectivity index (χ2n) is 4.23. The smallest absolute Gasteiger partial charge is 0.0192 e. The highest BCUT2D eigenvalue weighted by Crippen LogP contribution is 2.10.